The van der Waals surface area contributed by atoms with E-state index >= 15 is 0 Å². The predicted octanol–water partition coefficient (Wildman–Crippen LogP) is 2.34. The third kappa shape index (κ3) is 3.76. The third-order valence-electron chi connectivity index (χ3n) is 3.92. The number of nitrogens with two attached hydrogens (primary N) is 1. The van der Waals surface area contributed by atoms with Gasteiger partial charge in [-0.05, 0) is 36.8 Å². The first-order valence-corrected chi connectivity index (χ1v) is 6.39. The number of hydrogen-bond acceptors (Lipinski definition) is 2. The van der Waals surface area contributed by atoms with Crippen molar-refractivity contribution in [3.05, 3.63) is 0 Å². The van der Waals surface area contributed by atoms with E-state index in [0.29, 0.717) is 11.3 Å². The van der Waals surface area contributed by atoms with Crippen molar-refractivity contribution in [3.8, 4) is 0 Å². The number of hydrogen-bond donors (Lipinski definition) is 1. The van der Waals surface area contributed by atoms with Crippen LogP contribution in [0.5, 0.6) is 0 Å². The van der Waals surface area contributed by atoms with Crippen molar-refractivity contribution < 1.29 is 0 Å². The summed E-state index contributed by atoms with van der Waals surface area (Å²) in [5, 5.41) is 0. The summed E-state index contributed by atoms with van der Waals surface area (Å²) in [6.45, 7) is 13.9. The van der Waals surface area contributed by atoms with Gasteiger partial charge in [-0.2, -0.15) is 0 Å². The van der Waals surface area contributed by atoms with Crippen LogP contribution in [0.25, 0.3) is 0 Å². The Morgan fingerprint density at radius 2 is 2.07 bits per heavy atom. The fraction of sp³-hybridized carbons (Fsp3) is 1.00. The van der Waals surface area contributed by atoms with E-state index in [1.54, 1.807) is 0 Å². The van der Waals surface area contributed by atoms with Crippen LogP contribution in [0, 0.1) is 17.3 Å². The van der Waals surface area contributed by atoms with Gasteiger partial charge in [-0.25, -0.2) is 0 Å². The van der Waals surface area contributed by atoms with Gasteiger partial charge in [0.15, 0.2) is 0 Å². The highest BCUT2D eigenvalue weighted by atomic mass is 15.1. The van der Waals surface area contributed by atoms with Crippen LogP contribution in [-0.2, 0) is 0 Å². The maximum atomic E-state index is 5.76. The van der Waals surface area contributed by atoms with Crippen molar-refractivity contribution in [2.75, 3.05) is 26.2 Å². The van der Waals surface area contributed by atoms with Crippen molar-refractivity contribution in [1.29, 1.82) is 0 Å². The van der Waals surface area contributed by atoms with E-state index in [-0.39, 0.29) is 0 Å². The molecule has 1 aliphatic heterocycles. The monoisotopic (exact) mass is 212 g/mol. The highest BCUT2D eigenvalue weighted by molar-refractivity contribution is 4.84. The zero-order valence-electron chi connectivity index (χ0n) is 10.9. The van der Waals surface area contributed by atoms with Gasteiger partial charge in [0.2, 0.25) is 0 Å². The summed E-state index contributed by atoms with van der Waals surface area (Å²) in [5.74, 6) is 1.57. The summed E-state index contributed by atoms with van der Waals surface area (Å²) < 4.78 is 0. The van der Waals surface area contributed by atoms with Crippen molar-refractivity contribution in [2.45, 2.75) is 40.5 Å². The summed E-state index contributed by atoms with van der Waals surface area (Å²) in [6.07, 6.45) is 2.58. The smallest absolute Gasteiger partial charge is 0.00217 e. The Hall–Kier alpha value is -0.0800. The lowest BCUT2D eigenvalue weighted by Gasteiger charge is -2.28. The van der Waals surface area contributed by atoms with Gasteiger partial charge in [-0.15, -0.1) is 0 Å². The second-order valence-electron chi connectivity index (χ2n) is 6.12. The molecule has 1 saturated heterocycles. The van der Waals surface area contributed by atoms with Crippen LogP contribution in [-0.4, -0.2) is 31.1 Å². The molecule has 1 heterocycles. The molecule has 0 saturated carbocycles. The normalized spacial score (nSPS) is 25.8. The van der Waals surface area contributed by atoms with Crippen LogP contribution >= 0.6 is 0 Å². The van der Waals surface area contributed by atoms with Crippen LogP contribution in [0.4, 0.5) is 0 Å². The van der Waals surface area contributed by atoms with Crippen LogP contribution in [0.15, 0.2) is 0 Å². The van der Waals surface area contributed by atoms with Crippen LogP contribution in [0.2, 0.25) is 0 Å². The summed E-state index contributed by atoms with van der Waals surface area (Å²) >= 11 is 0. The van der Waals surface area contributed by atoms with E-state index in [1.165, 1.54) is 32.5 Å². The molecule has 0 spiro atoms. The molecule has 1 aliphatic rings. The van der Waals surface area contributed by atoms with Crippen molar-refractivity contribution in [3.63, 3.8) is 0 Å². The summed E-state index contributed by atoms with van der Waals surface area (Å²) in [4.78, 5) is 2.61. The molecule has 2 atom stereocenters. The van der Waals surface area contributed by atoms with E-state index in [2.05, 4.69) is 32.6 Å². The lowest BCUT2D eigenvalue weighted by Crippen LogP contribution is -2.32. The second-order valence-corrected chi connectivity index (χ2v) is 6.12. The molecule has 90 valence electrons. The zero-order valence-corrected chi connectivity index (χ0v) is 10.9. The molecule has 2 unspecified atom stereocenters. The van der Waals surface area contributed by atoms with Gasteiger partial charge in [-0.1, -0.05) is 34.1 Å². The topological polar surface area (TPSA) is 29.3 Å². The Balaban J connectivity index is 2.36. The summed E-state index contributed by atoms with van der Waals surface area (Å²) in [7, 11) is 0. The molecule has 1 rings (SSSR count). The van der Waals surface area contributed by atoms with E-state index in [0.717, 1.165) is 12.5 Å². The number of rotatable bonds is 4. The molecule has 2 N–H and O–H groups in total. The van der Waals surface area contributed by atoms with Crippen LogP contribution in [0.1, 0.15) is 40.5 Å². The van der Waals surface area contributed by atoms with Gasteiger partial charge in [0.25, 0.3) is 0 Å². The number of nitrogens with zero attached hydrogens (tertiary/aromatic N) is 1. The average Bonchev–Trinajstić information content (AvgIpc) is 2.61. The predicted molar refractivity (Wildman–Crippen MR) is 66.8 cm³/mol. The van der Waals surface area contributed by atoms with Gasteiger partial charge in [0.1, 0.15) is 0 Å². The van der Waals surface area contributed by atoms with E-state index in [4.69, 9.17) is 5.73 Å². The first kappa shape index (κ1) is 13.0. The lowest BCUT2D eigenvalue weighted by molar-refractivity contribution is 0.213. The molecule has 0 bridgehead atoms. The molecule has 2 heteroatoms. The van der Waals surface area contributed by atoms with Crippen molar-refractivity contribution in [2.24, 2.45) is 23.0 Å². The quantitative estimate of drug-likeness (QED) is 0.775. The molecule has 0 aromatic rings. The summed E-state index contributed by atoms with van der Waals surface area (Å²) in [6, 6.07) is 0. The van der Waals surface area contributed by atoms with Gasteiger partial charge < -0.3 is 10.6 Å². The highest BCUT2D eigenvalue weighted by Gasteiger charge is 2.31. The SMILES string of the molecule is CCC(CN)CN1CCC(C(C)(C)C)C1. The molecule has 0 aliphatic carbocycles. The minimum absolute atomic E-state index is 0.471. The molecular weight excluding hydrogens is 184 g/mol. The van der Waals surface area contributed by atoms with Gasteiger partial charge >= 0.3 is 0 Å². The maximum Gasteiger partial charge on any atom is 0.00217 e. The Morgan fingerprint density at radius 1 is 1.40 bits per heavy atom. The molecule has 15 heavy (non-hydrogen) atoms. The zero-order chi connectivity index (χ0) is 11.5. The average molecular weight is 212 g/mol. The third-order valence-corrected chi connectivity index (χ3v) is 3.92. The fourth-order valence-electron chi connectivity index (χ4n) is 2.44. The highest BCUT2D eigenvalue weighted by Crippen LogP contribution is 2.33. The molecule has 0 aromatic heterocycles. The summed E-state index contributed by atoms with van der Waals surface area (Å²) in [5.41, 5.74) is 6.23. The van der Waals surface area contributed by atoms with E-state index in [1.807, 2.05) is 0 Å². The van der Waals surface area contributed by atoms with Gasteiger partial charge in [-0.3, -0.25) is 0 Å². The second kappa shape index (κ2) is 5.31. The first-order valence-electron chi connectivity index (χ1n) is 6.39. The maximum absolute atomic E-state index is 5.76. The Bertz CT molecular complexity index is 179. The Kier molecular flexibility index (Phi) is 4.60. The molecule has 0 aromatic carbocycles. The minimum Gasteiger partial charge on any atom is -0.330 e. The molecule has 2 nitrogen and oxygen atoms in total. The molecule has 1 fully saturated rings. The fourth-order valence-corrected chi connectivity index (χ4v) is 2.44. The van der Waals surface area contributed by atoms with Crippen LogP contribution < -0.4 is 5.73 Å². The molecule has 0 radical (unpaired) electrons. The lowest BCUT2D eigenvalue weighted by atomic mass is 9.80. The minimum atomic E-state index is 0.471. The Morgan fingerprint density at radius 3 is 2.47 bits per heavy atom. The first-order chi connectivity index (χ1) is 6.97. The van der Waals surface area contributed by atoms with Gasteiger partial charge in [0.05, 0.1) is 0 Å². The largest absolute Gasteiger partial charge is 0.330 e. The van der Waals surface area contributed by atoms with Gasteiger partial charge in [0, 0.05) is 13.1 Å². The van der Waals surface area contributed by atoms with Crippen molar-refractivity contribution >= 4 is 0 Å². The standard InChI is InChI=1S/C13H28N2/c1-5-11(8-14)9-15-7-6-12(10-15)13(2,3)4/h11-12H,5-10,14H2,1-4H3. The van der Waals surface area contributed by atoms with Crippen molar-refractivity contribution in [1.82, 2.24) is 4.90 Å². The van der Waals surface area contributed by atoms with Crippen LogP contribution in [0.3, 0.4) is 0 Å². The van der Waals surface area contributed by atoms with E-state index < -0.39 is 0 Å². The van der Waals surface area contributed by atoms with E-state index in [9.17, 15) is 0 Å². The number of likely N-dealkylation sites (tertiary alicyclic amines) is 1. The molecule has 0 amide bonds. The molecular formula is C13H28N2. The Labute approximate surface area is 95.2 Å².